The molecule has 15 heavy (non-hydrogen) atoms. The van der Waals surface area contributed by atoms with E-state index in [4.69, 9.17) is 0 Å². The van der Waals surface area contributed by atoms with Crippen molar-refractivity contribution in [2.24, 2.45) is 22.7 Å². The third-order valence-electron chi connectivity index (χ3n) is 5.46. The Morgan fingerprint density at radius 2 is 1.93 bits per heavy atom. The van der Waals surface area contributed by atoms with E-state index in [0.29, 0.717) is 10.8 Å². The van der Waals surface area contributed by atoms with Gasteiger partial charge in [-0.3, -0.25) is 0 Å². The first-order chi connectivity index (χ1) is 6.97. The average molecular weight is 208 g/mol. The Balaban J connectivity index is 2.21. The summed E-state index contributed by atoms with van der Waals surface area (Å²) < 4.78 is 0. The Hall–Kier alpha value is 0. The topological polar surface area (TPSA) is 0 Å². The minimum Gasteiger partial charge on any atom is -0.0651 e. The van der Waals surface area contributed by atoms with Gasteiger partial charge in [0, 0.05) is 0 Å². The lowest BCUT2D eigenvalue weighted by Gasteiger charge is -2.55. The predicted molar refractivity (Wildman–Crippen MR) is 66.9 cm³/mol. The van der Waals surface area contributed by atoms with Crippen LogP contribution in [0.5, 0.6) is 0 Å². The Morgan fingerprint density at radius 1 is 1.20 bits per heavy atom. The van der Waals surface area contributed by atoms with E-state index in [-0.39, 0.29) is 0 Å². The summed E-state index contributed by atoms with van der Waals surface area (Å²) in [4.78, 5) is 0. The molecular weight excluding hydrogens is 180 g/mol. The van der Waals surface area contributed by atoms with Crippen LogP contribution in [0.25, 0.3) is 0 Å². The summed E-state index contributed by atoms with van der Waals surface area (Å²) in [5, 5.41) is 0. The summed E-state index contributed by atoms with van der Waals surface area (Å²) in [7, 11) is 0. The van der Waals surface area contributed by atoms with Gasteiger partial charge in [-0.1, -0.05) is 47.0 Å². The monoisotopic (exact) mass is 208 g/mol. The van der Waals surface area contributed by atoms with Gasteiger partial charge in [0.2, 0.25) is 0 Å². The van der Waals surface area contributed by atoms with Gasteiger partial charge in [0.05, 0.1) is 0 Å². The van der Waals surface area contributed by atoms with E-state index in [0.717, 1.165) is 11.8 Å². The lowest BCUT2D eigenvalue weighted by Crippen LogP contribution is -2.45. The van der Waals surface area contributed by atoms with E-state index < -0.39 is 0 Å². The van der Waals surface area contributed by atoms with Crippen molar-refractivity contribution >= 4 is 0 Å². The highest BCUT2D eigenvalue weighted by Crippen LogP contribution is 2.59. The fraction of sp³-hybridized carbons (Fsp3) is 1.00. The molecule has 0 nitrogen and oxygen atoms in total. The zero-order valence-electron chi connectivity index (χ0n) is 11.1. The van der Waals surface area contributed by atoms with Crippen LogP contribution in [0.3, 0.4) is 0 Å². The van der Waals surface area contributed by atoms with Crippen molar-refractivity contribution in [1.29, 1.82) is 0 Å². The van der Waals surface area contributed by atoms with Gasteiger partial charge in [-0.2, -0.15) is 0 Å². The van der Waals surface area contributed by atoms with E-state index in [9.17, 15) is 0 Å². The first-order valence-electron chi connectivity index (χ1n) is 6.97. The van der Waals surface area contributed by atoms with Gasteiger partial charge in [0.25, 0.3) is 0 Å². The van der Waals surface area contributed by atoms with Crippen molar-refractivity contribution < 1.29 is 0 Å². The molecule has 0 aromatic carbocycles. The lowest BCUT2D eigenvalue weighted by atomic mass is 9.50. The van der Waals surface area contributed by atoms with Crippen LogP contribution in [0.2, 0.25) is 0 Å². The number of rotatable bonds is 1. The van der Waals surface area contributed by atoms with Gasteiger partial charge in [-0.05, 0) is 48.3 Å². The zero-order chi connectivity index (χ0) is 11.1. The van der Waals surface area contributed by atoms with Crippen LogP contribution in [0.15, 0.2) is 0 Å². The smallest absolute Gasteiger partial charge is 0.0244 e. The van der Waals surface area contributed by atoms with Gasteiger partial charge >= 0.3 is 0 Å². The standard InChI is InChI=1S/C15H28/c1-5-12-9-13-7-6-8-15(10-12,11-13)14(2,3)4/h12-13H,5-11H2,1-4H3. The summed E-state index contributed by atoms with van der Waals surface area (Å²) in [5.41, 5.74) is 1.22. The van der Waals surface area contributed by atoms with Gasteiger partial charge in [0.15, 0.2) is 0 Å². The Kier molecular flexibility index (Phi) is 2.90. The van der Waals surface area contributed by atoms with E-state index in [2.05, 4.69) is 27.7 Å². The molecule has 2 rings (SSSR count). The highest BCUT2D eigenvalue weighted by molar-refractivity contribution is 4.99. The SMILES string of the molecule is CCC1CC2CCCC(C(C)(C)C)(C1)C2. The molecule has 0 aromatic heterocycles. The quantitative estimate of drug-likeness (QED) is 0.567. The van der Waals surface area contributed by atoms with E-state index in [1.54, 1.807) is 0 Å². The van der Waals surface area contributed by atoms with Gasteiger partial charge in [-0.25, -0.2) is 0 Å². The van der Waals surface area contributed by atoms with Crippen molar-refractivity contribution in [2.45, 2.75) is 72.6 Å². The first kappa shape index (κ1) is 11.5. The van der Waals surface area contributed by atoms with Crippen LogP contribution in [0.1, 0.15) is 72.6 Å². The predicted octanol–water partition coefficient (Wildman–Crippen LogP) is 5.03. The second-order valence-electron chi connectivity index (χ2n) is 7.21. The van der Waals surface area contributed by atoms with E-state index in [1.807, 2.05) is 0 Å². The minimum absolute atomic E-state index is 0.527. The molecular formula is C15H28. The minimum atomic E-state index is 0.527. The summed E-state index contributed by atoms with van der Waals surface area (Å²) in [6.45, 7) is 9.83. The number of hydrogen-bond donors (Lipinski definition) is 0. The van der Waals surface area contributed by atoms with Crippen molar-refractivity contribution in [3.8, 4) is 0 Å². The maximum absolute atomic E-state index is 2.48. The van der Waals surface area contributed by atoms with Crippen molar-refractivity contribution in [2.75, 3.05) is 0 Å². The molecule has 88 valence electrons. The largest absolute Gasteiger partial charge is 0.0651 e. The third kappa shape index (κ3) is 1.97. The molecule has 2 saturated carbocycles. The molecule has 0 aliphatic heterocycles. The molecule has 3 unspecified atom stereocenters. The molecule has 0 spiro atoms. The molecule has 0 radical (unpaired) electrons. The van der Waals surface area contributed by atoms with E-state index in [1.165, 1.54) is 44.9 Å². The number of hydrogen-bond acceptors (Lipinski definition) is 0. The van der Waals surface area contributed by atoms with Crippen LogP contribution >= 0.6 is 0 Å². The highest BCUT2D eigenvalue weighted by Gasteiger charge is 2.48. The zero-order valence-corrected chi connectivity index (χ0v) is 11.1. The molecule has 2 aliphatic carbocycles. The first-order valence-corrected chi connectivity index (χ1v) is 6.97. The highest BCUT2D eigenvalue weighted by atomic mass is 14.5. The second kappa shape index (κ2) is 3.79. The molecule has 0 heteroatoms. The van der Waals surface area contributed by atoms with E-state index >= 15 is 0 Å². The lowest BCUT2D eigenvalue weighted by molar-refractivity contribution is -0.0480. The molecule has 0 amide bonds. The molecule has 0 aromatic rings. The van der Waals surface area contributed by atoms with Gasteiger partial charge in [0.1, 0.15) is 0 Å². The molecule has 0 N–H and O–H groups in total. The van der Waals surface area contributed by atoms with Crippen LogP contribution in [0.4, 0.5) is 0 Å². The Bertz CT molecular complexity index is 223. The van der Waals surface area contributed by atoms with Crippen molar-refractivity contribution in [3.63, 3.8) is 0 Å². The van der Waals surface area contributed by atoms with Crippen LogP contribution in [0, 0.1) is 22.7 Å². The van der Waals surface area contributed by atoms with Crippen molar-refractivity contribution in [1.82, 2.24) is 0 Å². The maximum Gasteiger partial charge on any atom is -0.0244 e. The summed E-state index contributed by atoms with van der Waals surface area (Å²) in [6.07, 6.45) is 10.5. The fourth-order valence-corrected chi connectivity index (χ4v) is 4.28. The van der Waals surface area contributed by atoms with Crippen LogP contribution in [-0.2, 0) is 0 Å². The number of fused-ring (bicyclic) bond motifs is 2. The fourth-order valence-electron chi connectivity index (χ4n) is 4.28. The van der Waals surface area contributed by atoms with Crippen molar-refractivity contribution in [3.05, 3.63) is 0 Å². The van der Waals surface area contributed by atoms with Gasteiger partial charge < -0.3 is 0 Å². The summed E-state index contributed by atoms with van der Waals surface area (Å²) in [5.74, 6) is 2.10. The Labute approximate surface area is 95.8 Å². The van der Waals surface area contributed by atoms with Crippen LogP contribution in [-0.4, -0.2) is 0 Å². The second-order valence-corrected chi connectivity index (χ2v) is 7.21. The average Bonchev–Trinajstić information content (AvgIpc) is 2.15. The molecule has 0 heterocycles. The maximum atomic E-state index is 2.48. The Morgan fingerprint density at radius 3 is 2.53 bits per heavy atom. The van der Waals surface area contributed by atoms with Crippen LogP contribution < -0.4 is 0 Å². The molecule has 2 bridgehead atoms. The summed E-state index contributed by atoms with van der Waals surface area (Å²) >= 11 is 0. The molecule has 2 aliphatic rings. The summed E-state index contributed by atoms with van der Waals surface area (Å²) in [6, 6.07) is 0. The molecule has 3 atom stereocenters. The normalized spacial score (nSPS) is 41.6. The third-order valence-corrected chi connectivity index (χ3v) is 5.46. The molecule has 0 saturated heterocycles. The molecule has 2 fully saturated rings. The van der Waals surface area contributed by atoms with Gasteiger partial charge in [-0.15, -0.1) is 0 Å².